The summed E-state index contributed by atoms with van der Waals surface area (Å²) < 4.78 is 24.7. The lowest BCUT2D eigenvalue weighted by Crippen LogP contribution is -2.43. The van der Waals surface area contributed by atoms with Gasteiger partial charge in [0.1, 0.15) is 5.66 Å². The largest absolute Gasteiger partial charge is 0.389 e. The van der Waals surface area contributed by atoms with E-state index >= 15 is 0 Å². The van der Waals surface area contributed by atoms with Crippen molar-refractivity contribution in [3.63, 3.8) is 0 Å². The third-order valence-corrected chi connectivity index (χ3v) is 7.31. The van der Waals surface area contributed by atoms with Gasteiger partial charge in [-0.15, -0.1) is 0 Å². The molecule has 1 saturated carbocycles. The van der Waals surface area contributed by atoms with E-state index in [1.807, 2.05) is 26.8 Å². The van der Waals surface area contributed by atoms with E-state index in [1.165, 1.54) is 5.57 Å². The quantitative estimate of drug-likeness (QED) is 0.377. The lowest BCUT2D eigenvalue weighted by molar-refractivity contribution is 0.00163. The van der Waals surface area contributed by atoms with Gasteiger partial charge in [-0.25, -0.2) is 0 Å². The minimum absolute atomic E-state index is 0.314. The van der Waals surface area contributed by atoms with Gasteiger partial charge in [-0.2, -0.15) is 0 Å². The fourth-order valence-corrected chi connectivity index (χ4v) is 5.90. The van der Waals surface area contributed by atoms with Crippen molar-refractivity contribution in [2.45, 2.75) is 90.8 Å². The molecule has 146 valence electrons. The molecule has 1 fully saturated rings. The van der Waals surface area contributed by atoms with Crippen molar-refractivity contribution in [2.75, 3.05) is 13.2 Å². The van der Waals surface area contributed by atoms with Crippen molar-refractivity contribution in [1.29, 1.82) is 0 Å². The molecule has 0 spiro atoms. The van der Waals surface area contributed by atoms with Crippen LogP contribution in [0.3, 0.4) is 0 Å². The highest BCUT2D eigenvalue weighted by Gasteiger charge is 2.49. The molecule has 0 aliphatic heterocycles. The first-order chi connectivity index (χ1) is 11.8. The smallest absolute Gasteiger partial charge is 0.340 e. The van der Waals surface area contributed by atoms with Crippen molar-refractivity contribution in [2.24, 2.45) is 0 Å². The predicted molar refractivity (Wildman–Crippen MR) is 105 cm³/mol. The third kappa shape index (κ3) is 7.02. The molecule has 5 heteroatoms. The molecule has 1 unspecified atom stereocenters. The zero-order valence-electron chi connectivity index (χ0n) is 16.7. The minimum atomic E-state index is -3.41. The second kappa shape index (κ2) is 10.7. The number of allylic oxidation sites excluding steroid dienone is 3. The van der Waals surface area contributed by atoms with E-state index in [4.69, 9.17) is 9.05 Å². The maximum Gasteiger partial charge on any atom is 0.340 e. The Bertz CT molecular complexity index is 490. The Hall–Kier alpha value is -0.410. The Morgan fingerprint density at radius 3 is 2.16 bits per heavy atom. The van der Waals surface area contributed by atoms with Gasteiger partial charge in [0.05, 0.1) is 18.8 Å². The second-order valence-corrected chi connectivity index (χ2v) is 9.47. The van der Waals surface area contributed by atoms with Gasteiger partial charge in [-0.1, -0.05) is 42.6 Å². The highest BCUT2D eigenvalue weighted by Crippen LogP contribution is 2.59. The van der Waals surface area contributed by atoms with Crippen LogP contribution in [0, 0.1) is 0 Å². The van der Waals surface area contributed by atoms with Crippen LogP contribution in [0.1, 0.15) is 79.6 Å². The Kier molecular flexibility index (Phi) is 9.66. The Labute approximate surface area is 154 Å². The number of aliphatic hydroxyl groups is 1. The fourth-order valence-electron chi connectivity index (χ4n) is 3.50. The molecule has 0 heterocycles. The first-order valence-corrected chi connectivity index (χ1v) is 11.3. The topological polar surface area (TPSA) is 55.8 Å². The number of rotatable bonds is 10. The lowest BCUT2D eigenvalue weighted by Gasteiger charge is -2.40. The van der Waals surface area contributed by atoms with Crippen LogP contribution in [-0.4, -0.2) is 29.6 Å². The molecule has 0 saturated heterocycles. The van der Waals surface area contributed by atoms with Crippen molar-refractivity contribution >= 4 is 7.60 Å². The molecule has 1 atom stereocenters. The number of hydrogen-bond donors (Lipinski definition) is 1. The molecular weight excluding hydrogens is 335 g/mol. The molecule has 0 aromatic carbocycles. The molecule has 0 radical (unpaired) electrons. The molecule has 1 N–H and O–H groups in total. The maximum atomic E-state index is 13.5. The first-order valence-electron chi connectivity index (χ1n) is 9.69. The zero-order valence-corrected chi connectivity index (χ0v) is 17.6. The van der Waals surface area contributed by atoms with E-state index in [0.717, 1.165) is 37.7 Å². The fraction of sp³-hybridized carbons (Fsp3) is 0.800. The average Bonchev–Trinajstić information content (AvgIpc) is 2.53. The molecule has 0 aromatic heterocycles. The third-order valence-electron chi connectivity index (χ3n) is 4.76. The summed E-state index contributed by atoms with van der Waals surface area (Å²) in [6.45, 7) is 10.5. The van der Waals surface area contributed by atoms with Crippen LogP contribution >= 0.6 is 7.60 Å². The Morgan fingerprint density at radius 1 is 1.12 bits per heavy atom. The van der Waals surface area contributed by atoms with Crippen LogP contribution in [0.2, 0.25) is 0 Å². The van der Waals surface area contributed by atoms with Crippen LogP contribution in [0.4, 0.5) is 0 Å². The first kappa shape index (κ1) is 22.6. The van der Waals surface area contributed by atoms with Crippen molar-refractivity contribution in [3.05, 3.63) is 23.3 Å². The summed E-state index contributed by atoms with van der Waals surface area (Å²) in [6, 6.07) is 0. The van der Waals surface area contributed by atoms with E-state index in [2.05, 4.69) is 19.9 Å². The summed E-state index contributed by atoms with van der Waals surface area (Å²) in [7, 11) is -3.41. The summed E-state index contributed by atoms with van der Waals surface area (Å²) >= 11 is 0. The van der Waals surface area contributed by atoms with Crippen LogP contribution in [0.25, 0.3) is 0 Å². The standard InChI is InChI=1S/C20H37O4P/c1-6-23-25(22,24-7-2)19(20(21)14-9-8-10-15-20)16-18(5)13-11-12-17(3)4/h12,16,19,21H,6-11,13-15H2,1-5H3/b18-16+. The summed E-state index contributed by atoms with van der Waals surface area (Å²) in [5, 5.41) is 11.3. The maximum absolute atomic E-state index is 13.5. The SMILES string of the molecule is CCOP(=O)(OCC)C(/C=C(\C)CCC=C(C)C)C1(O)CCCCC1. The molecule has 1 rings (SSSR count). The summed E-state index contributed by atoms with van der Waals surface area (Å²) in [5.41, 5.74) is 0.827. The highest BCUT2D eigenvalue weighted by molar-refractivity contribution is 7.55. The van der Waals surface area contributed by atoms with Crippen LogP contribution in [-0.2, 0) is 13.6 Å². The van der Waals surface area contributed by atoms with Gasteiger partial charge < -0.3 is 14.2 Å². The average molecular weight is 372 g/mol. The number of hydrogen-bond acceptors (Lipinski definition) is 4. The van der Waals surface area contributed by atoms with E-state index in [1.54, 1.807) is 0 Å². The summed E-state index contributed by atoms with van der Waals surface area (Å²) in [6.07, 6.45) is 10.3. The predicted octanol–water partition coefficient (Wildman–Crippen LogP) is 6.01. The molecule has 25 heavy (non-hydrogen) atoms. The Balaban J connectivity index is 3.13. The van der Waals surface area contributed by atoms with E-state index in [9.17, 15) is 9.67 Å². The molecule has 0 bridgehead atoms. The van der Waals surface area contributed by atoms with Gasteiger partial charge in [-0.3, -0.25) is 4.57 Å². The molecule has 4 nitrogen and oxygen atoms in total. The van der Waals surface area contributed by atoms with Crippen molar-refractivity contribution < 1.29 is 18.7 Å². The van der Waals surface area contributed by atoms with Gasteiger partial charge in [0.2, 0.25) is 0 Å². The molecular formula is C20H37O4P. The second-order valence-electron chi connectivity index (χ2n) is 7.32. The van der Waals surface area contributed by atoms with Crippen LogP contribution in [0.15, 0.2) is 23.3 Å². The van der Waals surface area contributed by atoms with E-state index < -0.39 is 18.9 Å². The van der Waals surface area contributed by atoms with Gasteiger partial charge in [0.25, 0.3) is 0 Å². The summed E-state index contributed by atoms with van der Waals surface area (Å²) in [5.74, 6) is 0. The van der Waals surface area contributed by atoms with Crippen LogP contribution in [0.5, 0.6) is 0 Å². The van der Waals surface area contributed by atoms with E-state index in [-0.39, 0.29) is 0 Å². The minimum Gasteiger partial charge on any atom is -0.389 e. The Morgan fingerprint density at radius 2 is 1.68 bits per heavy atom. The normalized spacial score (nSPS) is 19.5. The van der Waals surface area contributed by atoms with Gasteiger partial charge in [0, 0.05) is 0 Å². The zero-order chi connectivity index (χ0) is 18.9. The van der Waals surface area contributed by atoms with Crippen molar-refractivity contribution in [3.8, 4) is 0 Å². The molecule has 1 aliphatic rings. The van der Waals surface area contributed by atoms with Gasteiger partial charge >= 0.3 is 7.60 Å². The molecule has 1 aliphatic carbocycles. The van der Waals surface area contributed by atoms with E-state index in [0.29, 0.717) is 26.1 Å². The van der Waals surface area contributed by atoms with Gasteiger partial charge in [0.15, 0.2) is 0 Å². The highest BCUT2D eigenvalue weighted by atomic mass is 31.2. The van der Waals surface area contributed by atoms with Crippen molar-refractivity contribution in [1.82, 2.24) is 0 Å². The molecule has 0 aromatic rings. The van der Waals surface area contributed by atoms with Crippen LogP contribution < -0.4 is 0 Å². The molecule has 0 amide bonds. The summed E-state index contributed by atoms with van der Waals surface area (Å²) in [4.78, 5) is 0. The monoisotopic (exact) mass is 372 g/mol. The van der Waals surface area contributed by atoms with Gasteiger partial charge in [-0.05, 0) is 60.3 Å². The lowest BCUT2D eigenvalue weighted by atomic mass is 9.81.